The molecule has 6 heteroatoms. The van der Waals surface area contributed by atoms with E-state index in [1.807, 2.05) is 17.4 Å². The lowest BCUT2D eigenvalue weighted by atomic mass is 10.1. The zero-order valence-corrected chi connectivity index (χ0v) is 17.3. The number of ether oxygens (including phenoxy) is 2. The van der Waals surface area contributed by atoms with E-state index in [0.717, 1.165) is 50.6 Å². The van der Waals surface area contributed by atoms with Crippen LogP contribution in [0.5, 0.6) is 11.5 Å². The van der Waals surface area contributed by atoms with Crippen LogP contribution in [-0.2, 0) is 13.1 Å². The van der Waals surface area contributed by atoms with Gasteiger partial charge in [0.1, 0.15) is 11.5 Å². The van der Waals surface area contributed by atoms with E-state index in [9.17, 15) is 5.11 Å². The van der Waals surface area contributed by atoms with Crippen molar-refractivity contribution in [2.75, 3.05) is 40.5 Å². The molecule has 0 aliphatic carbocycles. The van der Waals surface area contributed by atoms with Crippen molar-refractivity contribution in [3.05, 3.63) is 45.6 Å². The van der Waals surface area contributed by atoms with Gasteiger partial charge in [0, 0.05) is 61.2 Å². The summed E-state index contributed by atoms with van der Waals surface area (Å²) in [7, 11) is 3.36. The molecule has 27 heavy (non-hydrogen) atoms. The van der Waals surface area contributed by atoms with Crippen LogP contribution < -0.4 is 9.47 Å². The van der Waals surface area contributed by atoms with E-state index in [1.54, 1.807) is 14.2 Å². The van der Waals surface area contributed by atoms with Crippen molar-refractivity contribution >= 4 is 11.3 Å². The lowest BCUT2D eigenvalue weighted by Crippen LogP contribution is -2.52. The third-order valence-corrected chi connectivity index (χ3v) is 6.11. The first-order chi connectivity index (χ1) is 13.1. The molecule has 0 spiro atoms. The van der Waals surface area contributed by atoms with Gasteiger partial charge >= 0.3 is 0 Å². The monoisotopic (exact) mass is 390 g/mol. The molecule has 3 rings (SSSR count). The number of benzene rings is 1. The lowest BCUT2D eigenvalue weighted by molar-refractivity contribution is 0.0504. The number of nitrogens with zero attached hydrogens (tertiary/aromatic N) is 2. The lowest BCUT2D eigenvalue weighted by Gasteiger charge is -2.41. The zero-order chi connectivity index (χ0) is 19.2. The van der Waals surface area contributed by atoms with Crippen LogP contribution in [0, 0.1) is 6.92 Å². The predicted molar refractivity (Wildman–Crippen MR) is 110 cm³/mol. The van der Waals surface area contributed by atoms with Crippen LogP contribution >= 0.6 is 11.3 Å². The van der Waals surface area contributed by atoms with Crippen LogP contribution in [0.1, 0.15) is 21.7 Å². The minimum absolute atomic E-state index is 0.217. The number of aryl methyl sites for hydroxylation is 1. The van der Waals surface area contributed by atoms with Gasteiger partial charge in [0.2, 0.25) is 0 Å². The second-order valence-corrected chi connectivity index (χ2v) is 8.48. The van der Waals surface area contributed by atoms with Gasteiger partial charge in [0.15, 0.2) is 0 Å². The van der Waals surface area contributed by atoms with Gasteiger partial charge in [0.05, 0.1) is 14.2 Å². The van der Waals surface area contributed by atoms with Crippen LogP contribution in [0.4, 0.5) is 0 Å². The van der Waals surface area contributed by atoms with E-state index in [2.05, 4.69) is 41.0 Å². The maximum Gasteiger partial charge on any atom is 0.122 e. The van der Waals surface area contributed by atoms with Crippen molar-refractivity contribution in [3.63, 3.8) is 0 Å². The Kier molecular flexibility index (Phi) is 7.13. The molecule has 2 aromatic rings. The Morgan fingerprint density at radius 3 is 2.41 bits per heavy atom. The van der Waals surface area contributed by atoms with Gasteiger partial charge in [-0.3, -0.25) is 9.80 Å². The molecular formula is C21H30N2O3S. The van der Waals surface area contributed by atoms with Crippen molar-refractivity contribution in [1.82, 2.24) is 9.80 Å². The SMILES string of the molecule is COc1cc(CN2CCN(Cc3ccc(C)s3)C[C@H]2CCO)cc(OC)c1. The second kappa shape index (κ2) is 9.55. The van der Waals surface area contributed by atoms with Gasteiger partial charge in [-0.1, -0.05) is 0 Å². The standard InChI is InChI=1S/C21H30N2O3S/c1-16-4-5-21(27-16)15-22-7-8-23(18(14-22)6-9-24)13-17-10-19(25-2)12-20(11-17)26-3/h4-5,10-12,18,24H,6-9,13-15H2,1-3H3/t18-/m1/s1. The van der Waals surface area contributed by atoms with Crippen LogP contribution in [-0.4, -0.2) is 61.4 Å². The molecule has 0 radical (unpaired) electrons. The maximum atomic E-state index is 9.56. The number of aliphatic hydroxyl groups is 1. The molecule has 0 bridgehead atoms. The molecule has 1 aromatic carbocycles. The minimum atomic E-state index is 0.217. The number of thiophene rings is 1. The predicted octanol–water partition coefficient (Wildman–Crippen LogP) is 3.14. The summed E-state index contributed by atoms with van der Waals surface area (Å²) in [5, 5.41) is 9.56. The van der Waals surface area contributed by atoms with Crippen molar-refractivity contribution in [3.8, 4) is 11.5 Å². The number of piperazine rings is 1. The Morgan fingerprint density at radius 2 is 1.81 bits per heavy atom. The topological polar surface area (TPSA) is 45.2 Å². The molecule has 1 atom stereocenters. The summed E-state index contributed by atoms with van der Waals surface area (Å²) in [5.74, 6) is 1.63. The molecule has 1 aromatic heterocycles. The molecule has 148 valence electrons. The number of hydrogen-bond acceptors (Lipinski definition) is 6. The highest BCUT2D eigenvalue weighted by Crippen LogP contribution is 2.26. The van der Waals surface area contributed by atoms with E-state index in [1.165, 1.54) is 15.3 Å². The number of hydrogen-bond donors (Lipinski definition) is 1. The molecule has 5 nitrogen and oxygen atoms in total. The zero-order valence-electron chi connectivity index (χ0n) is 16.5. The first-order valence-corrected chi connectivity index (χ1v) is 10.3. The molecular weight excluding hydrogens is 360 g/mol. The summed E-state index contributed by atoms with van der Waals surface area (Å²) in [6, 6.07) is 10.8. The Hall–Kier alpha value is -1.60. The quantitative estimate of drug-likeness (QED) is 0.750. The molecule has 2 heterocycles. The summed E-state index contributed by atoms with van der Waals surface area (Å²) in [5.41, 5.74) is 1.18. The third kappa shape index (κ3) is 5.45. The van der Waals surface area contributed by atoms with Crippen molar-refractivity contribution < 1.29 is 14.6 Å². The van der Waals surface area contributed by atoms with Gasteiger partial charge in [-0.15, -0.1) is 11.3 Å². The van der Waals surface area contributed by atoms with Crippen molar-refractivity contribution in [2.45, 2.75) is 32.5 Å². The molecule has 0 amide bonds. The average molecular weight is 391 g/mol. The molecule has 1 N–H and O–H groups in total. The molecule has 0 saturated carbocycles. The largest absolute Gasteiger partial charge is 0.497 e. The fraction of sp³-hybridized carbons (Fsp3) is 0.524. The van der Waals surface area contributed by atoms with Gasteiger partial charge in [-0.2, -0.15) is 0 Å². The number of rotatable bonds is 8. The highest BCUT2D eigenvalue weighted by Gasteiger charge is 2.27. The van der Waals surface area contributed by atoms with E-state index >= 15 is 0 Å². The van der Waals surface area contributed by atoms with E-state index < -0.39 is 0 Å². The van der Waals surface area contributed by atoms with Crippen LogP contribution in [0.15, 0.2) is 30.3 Å². The highest BCUT2D eigenvalue weighted by atomic mass is 32.1. The molecule has 0 unspecified atom stereocenters. The molecule has 1 aliphatic rings. The maximum absolute atomic E-state index is 9.56. The van der Waals surface area contributed by atoms with E-state index in [-0.39, 0.29) is 6.61 Å². The van der Waals surface area contributed by atoms with Crippen LogP contribution in [0.25, 0.3) is 0 Å². The Morgan fingerprint density at radius 1 is 1.07 bits per heavy atom. The first kappa shape index (κ1) is 20.1. The third-order valence-electron chi connectivity index (χ3n) is 5.12. The van der Waals surface area contributed by atoms with Gasteiger partial charge in [-0.05, 0) is 43.2 Å². The van der Waals surface area contributed by atoms with Gasteiger partial charge in [0.25, 0.3) is 0 Å². The fourth-order valence-electron chi connectivity index (χ4n) is 3.71. The second-order valence-electron chi connectivity index (χ2n) is 7.10. The van der Waals surface area contributed by atoms with Crippen molar-refractivity contribution in [2.24, 2.45) is 0 Å². The average Bonchev–Trinajstić information content (AvgIpc) is 3.08. The Balaban J connectivity index is 1.67. The highest BCUT2D eigenvalue weighted by molar-refractivity contribution is 7.11. The van der Waals surface area contributed by atoms with Crippen LogP contribution in [0.3, 0.4) is 0 Å². The minimum Gasteiger partial charge on any atom is -0.497 e. The smallest absolute Gasteiger partial charge is 0.122 e. The number of methoxy groups -OCH3 is 2. The van der Waals surface area contributed by atoms with Gasteiger partial charge in [-0.25, -0.2) is 0 Å². The van der Waals surface area contributed by atoms with E-state index in [4.69, 9.17) is 9.47 Å². The van der Waals surface area contributed by atoms with Gasteiger partial charge < -0.3 is 14.6 Å². The fourth-order valence-corrected chi connectivity index (χ4v) is 4.65. The van der Waals surface area contributed by atoms with Crippen molar-refractivity contribution in [1.29, 1.82) is 0 Å². The summed E-state index contributed by atoms with van der Waals surface area (Å²) < 4.78 is 10.8. The summed E-state index contributed by atoms with van der Waals surface area (Å²) in [6.45, 7) is 7.23. The summed E-state index contributed by atoms with van der Waals surface area (Å²) in [6.07, 6.45) is 0.793. The molecule has 1 saturated heterocycles. The first-order valence-electron chi connectivity index (χ1n) is 9.45. The van der Waals surface area contributed by atoms with E-state index in [0.29, 0.717) is 6.04 Å². The Labute approximate surface area is 166 Å². The number of aliphatic hydroxyl groups excluding tert-OH is 1. The summed E-state index contributed by atoms with van der Waals surface area (Å²) >= 11 is 1.88. The molecule has 1 aliphatic heterocycles. The normalized spacial score (nSPS) is 18.6. The Bertz CT molecular complexity index is 712. The van der Waals surface area contributed by atoms with Crippen LogP contribution in [0.2, 0.25) is 0 Å². The summed E-state index contributed by atoms with van der Waals surface area (Å²) in [4.78, 5) is 7.76. The molecule has 1 fully saturated rings.